The maximum absolute atomic E-state index is 6.31. The number of methoxy groups -OCH3 is 1. The monoisotopic (exact) mass is 406 g/mol. The second kappa shape index (κ2) is 8.44. The molecule has 150 valence electrons. The zero-order valence-corrected chi connectivity index (χ0v) is 18.0. The van der Waals surface area contributed by atoms with Gasteiger partial charge in [0.25, 0.3) is 0 Å². The van der Waals surface area contributed by atoms with Crippen LogP contribution in [-0.4, -0.2) is 46.5 Å². The quantitative estimate of drug-likeness (QED) is 0.562. The molecule has 0 bridgehead atoms. The van der Waals surface area contributed by atoms with Crippen LogP contribution in [0.25, 0.3) is 0 Å². The highest BCUT2D eigenvalue weighted by molar-refractivity contribution is 7.10. The number of rotatable bonds is 7. The molecule has 2 aliphatic rings. The van der Waals surface area contributed by atoms with Crippen molar-refractivity contribution in [2.24, 2.45) is 0 Å². The minimum Gasteiger partial charge on any atom is -0.496 e. The third-order valence-electron chi connectivity index (χ3n) is 6.55. The molecule has 2 aromatic heterocycles. The van der Waals surface area contributed by atoms with Gasteiger partial charge in [0, 0.05) is 30.5 Å². The van der Waals surface area contributed by atoms with Crippen LogP contribution in [0.4, 0.5) is 0 Å². The summed E-state index contributed by atoms with van der Waals surface area (Å²) >= 11 is 1.72. The van der Waals surface area contributed by atoms with Gasteiger partial charge in [0.1, 0.15) is 5.75 Å². The summed E-state index contributed by atoms with van der Waals surface area (Å²) in [6.45, 7) is 2.45. The Kier molecular flexibility index (Phi) is 6.10. The van der Waals surface area contributed by atoms with Gasteiger partial charge in [0.2, 0.25) is 0 Å². The SMILES string of the molecule is [B]C1([B])CCC2(C1)C[C@](CCNCc1sccc1OC)(c1ccccn1)CCO2. The molecule has 7 heteroatoms. The molecule has 3 heterocycles. The first-order valence-electron chi connectivity index (χ1n) is 10.4. The van der Waals surface area contributed by atoms with Crippen LogP contribution < -0.4 is 10.1 Å². The Morgan fingerprint density at radius 2 is 2.10 bits per heavy atom. The van der Waals surface area contributed by atoms with Crippen molar-refractivity contribution in [1.29, 1.82) is 0 Å². The van der Waals surface area contributed by atoms with E-state index in [0.717, 1.165) is 63.2 Å². The summed E-state index contributed by atoms with van der Waals surface area (Å²) < 4.78 is 11.7. The van der Waals surface area contributed by atoms with E-state index in [9.17, 15) is 0 Å². The van der Waals surface area contributed by atoms with Crippen LogP contribution in [0.15, 0.2) is 35.8 Å². The molecule has 29 heavy (non-hydrogen) atoms. The van der Waals surface area contributed by atoms with Crippen LogP contribution in [-0.2, 0) is 16.7 Å². The van der Waals surface area contributed by atoms with Gasteiger partial charge in [-0.25, -0.2) is 0 Å². The molecular formula is C22H28B2N2O2S. The number of hydrogen-bond acceptors (Lipinski definition) is 5. The van der Waals surface area contributed by atoms with E-state index in [0.29, 0.717) is 6.42 Å². The largest absolute Gasteiger partial charge is 0.496 e. The Balaban J connectivity index is 1.48. The predicted octanol–water partition coefficient (Wildman–Crippen LogP) is 3.76. The fraction of sp³-hybridized carbons (Fsp3) is 0.591. The summed E-state index contributed by atoms with van der Waals surface area (Å²) in [5, 5.41) is 5.06. The number of pyridine rings is 1. The first-order chi connectivity index (χ1) is 14.0. The highest BCUT2D eigenvalue weighted by atomic mass is 32.1. The van der Waals surface area contributed by atoms with E-state index in [2.05, 4.69) is 22.8 Å². The molecule has 4 nitrogen and oxygen atoms in total. The Bertz CT molecular complexity index is 816. The van der Waals surface area contributed by atoms with Crippen LogP contribution in [0.1, 0.15) is 49.1 Å². The minimum absolute atomic E-state index is 0.0214. The summed E-state index contributed by atoms with van der Waals surface area (Å²) in [5.41, 5.74) is 0.910. The van der Waals surface area contributed by atoms with Crippen molar-refractivity contribution in [2.75, 3.05) is 20.3 Å². The van der Waals surface area contributed by atoms with Crippen LogP contribution in [0.3, 0.4) is 0 Å². The molecule has 2 atom stereocenters. The lowest BCUT2D eigenvalue weighted by atomic mass is 9.52. The Hall–Kier alpha value is -1.30. The lowest BCUT2D eigenvalue weighted by molar-refractivity contribution is -0.104. The van der Waals surface area contributed by atoms with Gasteiger partial charge in [-0.1, -0.05) is 17.7 Å². The third kappa shape index (κ3) is 4.57. The smallest absolute Gasteiger partial charge is 0.134 e. The molecule has 1 saturated carbocycles. The second-order valence-electron chi connectivity index (χ2n) is 8.70. The van der Waals surface area contributed by atoms with Gasteiger partial charge in [-0.2, -0.15) is 0 Å². The molecule has 4 rings (SSSR count). The number of nitrogens with one attached hydrogen (secondary N) is 1. The lowest BCUT2D eigenvalue weighted by Crippen LogP contribution is -2.48. The van der Waals surface area contributed by atoms with Crippen molar-refractivity contribution >= 4 is 27.0 Å². The third-order valence-corrected chi connectivity index (χ3v) is 7.45. The van der Waals surface area contributed by atoms with E-state index in [1.807, 2.05) is 18.3 Å². The van der Waals surface area contributed by atoms with Crippen LogP contribution in [0.5, 0.6) is 5.75 Å². The highest BCUT2D eigenvalue weighted by Gasteiger charge is 2.51. The summed E-state index contributed by atoms with van der Waals surface area (Å²) in [5.74, 6) is 0.958. The first-order valence-corrected chi connectivity index (χ1v) is 11.3. The maximum Gasteiger partial charge on any atom is 0.134 e. The first kappa shape index (κ1) is 21.0. The van der Waals surface area contributed by atoms with E-state index in [1.54, 1.807) is 18.4 Å². The molecule has 1 unspecified atom stereocenters. The van der Waals surface area contributed by atoms with Crippen molar-refractivity contribution in [3.05, 3.63) is 46.4 Å². The van der Waals surface area contributed by atoms with Gasteiger partial charge in [-0.05, 0) is 62.2 Å². The van der Waals surface area contributed by atoms with Crippen molar-refractivity contribution in [3.8, 4) is 5.75 Å². The summed E-state index contributed by atoms with van der Waals surface area (Å²) in [6.07, 6.45) is 7.25. The average Bonchev–Trinajstić information content (AvgIpc) is 3.29. The molecular weight excluding hydrogens is 378 g/mol. The van der Waals surface area contributed by atoms with E-state index in [4.69, 9.17) is 30.2 Å². The van der Waals surface area contributed by atoms with E-state index < -0.39 is 5.21 Å². The van der Waals surface area contributed by atoms with E-state index >= 15 is 0 Å². The Morgan fingerprint density at radius 1 is 1.21 bits per heavy atom. The number of thiophene rings is 1. The topological polar surface area (TPSA) is 43.4 Å². The molecule has 0 amide bonds. The molecule has 4 radical (unpaired) electrons. The molecule has 1 aliphatic heterocycles. The van der Waals surface area contributed by atoms with Gasteiger partial charge in [-0.3, -0.25) is 4.98 Å². The van der Waals surface area contributed by atoms with Gasteiger partial charge < -0.3 is 14.8 Å². The molecule has 1 spiro atoms. The minimum atomic E-state index is -0.624. The summed E-state index contributed by atoms with van der Waals surface area (Å²) in [6, 6.07) is 8.24. The Morgan fingerprint density at radius 3 is 2.83 bits per heavy atom. The van der Waals surface area contributed by atoms with Gasteiger partial charge in [0.15, 0.2) is 0 Å². The fourth-order valence-corrected chi connectivity index (χ4v) is 5.94. The molecule has 1 N–H and O–H groups in total. The van der Waals surface area contributed by atoms with Crippen molar-refractivity contribution in [1.82, 2.24) is 10.3 Å². The van der Waals surface area contributed by atoms with Crippen molar-refractivity contribution in [2.45, 2.75) is 61.3 Å². The fourth-order valence-electron chi connectivity index (χ4n) is 5.14. The molecule has 0 aromatic carbocycles. The second-order valence-corrected chi connectivity index (χ2v) is 9.70. The van der Waals surface area contributed by atoms with Crippen LogP contribution >= 0.6 is 11.3 Å². The summed E-state index contributed by atoms with van der Waals surface area (Å²) in [4.78, 5) is 5.99. The van der Waals surface area contributed by atoms with Crippen LogP contribution in [0, 0.1) is 0 Å². The average molecular weight is 406 g/mol. The Labute approximate surface area is 180 Å². The predicted molar refractivity (Wildman–Crippen MR) is 119 cm³/mol. The van der Waals surface area contributed by atoms with Crippen molar-refractivity contribution in [3.63, 3.8) is 0 Å². The van der Waals surface area contributed by atoms with Crippen molar-refractivity contribution < 1.29 is 9.47 Å². The highest BCUT2D eigenvalue weighted by Crippen LogP contribution is 2.55. The zero-order chi connectivity index (χ0) is 20.4. The number of hydrogen-bond donors (Lipinski definition) is 1. The lowest BCUT2D eigenvalue weighted by Gasteiger charge is -2.47. The molecule has 1 saturated heterocycles. The maximum atomic E-state index is 6.31. The number of nitrogens with zero attached hydrogens (tertiary/aromatic N) is 1. The molecule has 2 aromatic rings. The summed E-state index contributed by atoms with van der Waals surface area (Å²) in [7, 11) is 14.3. The van der Waals surface area contributed by atoms with Gasteiger partial charge in [-0.15, -0.1) is 11.3 Å². The molecule has 1 aliphatic carbocycles. The standard InChI is InChI=1S/C22H28B2N2O2S/c1-27-17-5-13-29-18(17)14-25-11-8-20(19-4-2-3-10-26-19)9-12-28-21(15-20)6-7-22(23,24)16-21/h2-5,10,13,25H,6-9,11-12,14-16H2,1H3/t20-,21?/m1/s1. The zero-order valence-electron chi connectivity index (χ0n) is 17.2. The van der Waals surface area contributed by atoms with E-state index in [-0.39, 0.29) is 11.0 Å². The van der Waals surface area contributed by atoms with Gasteiger partial charge in [0.05, 0.1) is 33.3 Å². The number of aromatic nitrogens is 1. The van der Waals surface area contributed by atoms with Crippen LogP contribution in [0.2, 0.25) is 5.21 Å². The number of ether oxygens (including phenoxy) is 2. The van der Waals surface area contributed by atoms with E-state index in [1.165, 1.54) is 4.88 Å². The molecule has 2 fully saturated rings. The van der Waals surface area contributed by atoms with Gasteiger partial charge >= 0.3 is 0 Å². The normalized spacial score (nSPS) is 28.6.